The first kappa shape index (κ1) is 37.0. The third kappa shape index (κ3) is 12.0. The van der Waals surface area contributed by atoms with E-state index in [1.54, 1.807) is 74.7 Å². The first-order valence-corrected chi connectivity index (χ1v) is 16.2. The van der Waals surface area contributed by atoms with Gasteiger partial charge in [-0.1, -0.05) is 13.8 Å². The Morgan fingerprint density at radius 2 is 1.32 bits per heavy atom. The predicted molar refractivity (Wildman–Crippen MR) is 183 cm³/mol. The van der Waals surface area contributed by atoms with E-state index in [4.69, 9.17) is 32.8 Å². The van der Waals surface area contributed by atoms with Crippen molar-refractivity contribution in [2.75, 3.05) is 20.3 Å². The molecule has 0 fully saturated rings. The molecule has 0 saturated heterocycles. The number of carbonyl (C=O) groups is 4. The SMILES string of the molecule is CCC(CC(C)C(=O)OCCCCOc1ccc(C(=O)Oc2ccc(OC)cc2)cc1)C(=O)Oc1ccc(OC(=O)C=Cc2ccco2)cc1. The second-order valence-corrected chi connectivity index (χ2v) is 11.2. The Bertz CT molecular complexity index is 1690. The number of unbranched alkanes of at least 4 members (excludes halogenated alkanes) is 1. The van der Waals surface area contributed by atoms with Crippen LogP contribution < -0.4 is 23.7 Å². The van der Waals surface area contributed by atoms with E-state index in [1.807, 2.05) is 6.92 Å². The van der Waals surface area contributed by atoms with Crippen LogP contribution >= 0.6 is 0 Å². The molecule has 0 aliphatic heterocycles. The van der Waals surface area contributed by atoms with Gasteiger partial charge in [-0.05, 0) is 117 Å². The number of benzene rings is 3. The normalized spacial score (nSPS) is 12.1. The topological polar surface area (TPSA) is 137 Å². The number of carbonyl (C=O) groups excluding carboxylic acids is 4. The van der Waals surface area contributed by atoms with Gasteiger partial charge < -0.3 is 32.8 Å². The Kier molecular flexibility index (Phi) is 14.2. The minimum absolute atomic E-state index is 0.222. The van der Waals surface area contributed by atoms with Crippen LogP contribution in [0, 0.1) is 11.8 Å². The molecule has 0 N–H and O–H groups in total. The van der Waals surface area contributed by atoms with E-state index in [1.165, 1.54) is 42.7 Å². The highest BCUT2D eigenvalue weighted by Crippen LogP contribution is 2.23. The lowest BCUT2D eigenvalue weighted by Gasteiger charge is -2.18. The average Bonchev–Trinajstić information content (AvgIpc) is 3.66. The molecule has 0 radical (unpaired) electrons. The van der Waals surface area contributed by atoms with E-state index < -0.39 is 29.7 Å². The summed E-state index contributed by atoms with van der Waals surface area (Å²) in [5, 5.41) is 0. The highest BCUT2D eigenvalue weighted by Gasteiger charge is 2.26. The molecule has 2 unspecified atom stereocenters. The number of hydrogen-bond acceptors (Lipinski definition) is 11. The monoisotopic (exact) mass is 684 g/mol. The Hall–Kier alpha value is -5.84. The van der Waals surface area contributed by atoms with Crippen molar-refractivity contribution in [3.63, 3.8) is 0 Å². The Morgan fingerprint density at radius 3 is 1.94 bits per heavy atom. The maximum absolute atomic E-state index is 12.8. The lowest BCUT2D eigenvalue weighted by molar-refractivity contribution is -0.149. The molecule has 0 aliphatic rings. The molecule has 11 nitrogen and oxygen atoms in total. The molecule has 1 aromatic heterocycles. The van der Waals surface area contributed by atoms with Gasteiger partial charge in [0.15, 0.2) is 0 Å². The minimum atomic E-state index is -0.582. The number of rotatable bonds is 18. The molecule has 262 valence electrons. The third-order valence-corrected chi connectivity index (χ3v) is 7.47. The van der Waals surface area contributed by atoms with Gasteiger partial charge in [-0.25, -0.2) is 9.59 Å². The van der Waals surface area contributed by atoms with Crippen LogP contribution in [0.25, 0.3) is 6.08 Å². The zero-order valence-corrected chi connectivity index (χ0v) is 28.2. The fourth-order valence-corrected chi connectivity index (χ4v) is 4.62. The Balaban J connectivity index is 1.10. The van der Waals surface area contributed by atoms with E-state index in [0.717, 1.165) is 0 Å². The molecule has 0 aliphatic carbocycles. The molecule has 0 bridgehead atoms. The van der Waals surface area contributed by atoms with Crippen LogP contribution in [0.5, 0.6) is 28.7 Å². The molecule has 4 rings (SSSR count). The van der Waals surface area contributed by atoms with E-state index in [0.29, 0.717) is 60.2 Å². The molecular weight excluding hydrogens is 644 g/mol. The summed E-state index contributed by atoms with van der Waals surface area (Å²) in [7, 11) is 1.56. The molecule has 11 heteroatoms. The van der Waals surface area contributed by atoms with Crippen LogP contribution in [0.15, 0.2) is 102 Å². The second kappa shape index (κ2) is 19.2. The lowest BCUT2D eigenvalue weighted by Crippen LogP contribution is -2.26. The molecule has 50 heavy (non-hydrogen) atoms. The van der Waals surface area contributed by atoms with Gasteiger partial charge in [-0.2, -0.15) is 0 Å². The number of esters is 4. The van der Waals surface area contributed by atoms with Crippen LogP contribution in [0.1, 0.15) is 55.6 Å². The molecule has 0 spiro atoms. The molecule has 0 saturated carbocycles. The van der Waals surface area contributed by atoms with Crippen molar-refractivity contribution in [3.05, 3.63) is 109 Å². The van der Waals surface area contributed by atoms with Crippen LogP contribution in [0.2, 0.25) is 0 Å². The fourth-order valence-electron chi connectivity index (χ4n) is 4.62. The summed E-state index contributed by atoms with van der Waals surface area (Å²) in [4.78, 5) is 49.8. The summed E-state index contributed by atoms with van der Waals surface area (Å²) < 4.78 is 37.5. The molecule has 0 amide bonds. The summed E-state index contributed by atoms with van der Waals surface area (Å²) in [5.41, 5.74) is 0.387. The van der Waals surface area contributed by atoms with Crippen molar-refractivity contribution in [2.24, 2.45) is 11.8 Å². The quantitative estimate of drug-likeness (QED) is 0.0446. The zero-order chi connectivity index (χ0) is 35.7. The van der Waals surface area contributed by atoms with Gasteiger partial charge in [0.05, 0.1) is 44.0 Å². The summed E-state index contributed by atoms with van der Waals surface area (Å²) >= 11 is 0. The van der Waals surface area contributed by atoms with Gasteiger partial charge in [0, 0.05) is 6.08 Å². The fraction of sp³-hybridized carbons (Fsp3) is 0.282. The molecule has 1 heterocycles. The van der Waals surface area contributed by atoms with Crippen molar-refractivity contribution >= 4 is 30.0 Å². The van der Waals surface area contributed by atoms with Gasteiger partial charge >= 0.3 is 23.9 Å². The maximum Gasteiger partial charge on any atom is 0.343 e. The third-order valence-electron chi connectivity index (χ3n) is 7.47. The van der Waals surface area contributed by atoms with Crippen LogP contribution in [-0.4, -0.2) is 44.2 Å². The van der Waals surface area contributed by atoms with Crippen molar-refractivity contribution in [1.29, 1.82) is 0 Å². The number of hydrogen-bond donors (Lipinski definition) is 0. The molecule has 3 aromatic carbocycles. The van der Waals surface area contributed by atoms with Crippen molar-refractivity contribution < 1.29 is 52.0 Å². The minimum Gasteiger partial charge on any atom is -0.497 e. The Labute approximate surface area is 290 Å². The maximum atomic E-state index is 12.8. The Morgan fingerprint density at radius 1 is 0.720 bits per heavy atom. The second-order valence-electron chi connectivity index (χ2n) is 11.2. The molecule has 2 atom stereocenters. The van der Waals surface area contributed by atoms with Crippen molar-refractivity contribution in [1.82, 2.24) is 0 Å². The van der Waals surface area contributed by atoms with Crippen LogP contribution in [0.3, 0.4) is 0 Å². The molecular formula is C39H40O11. The van der Waals surface area contributed by atoms with E-state index in [-0.39, 0.29) is 24.7 Å². The number of methoxy groups -OCH3 is 1. The lowest BCUT2D eigenvalue weighted by atomic mass is 9.94. The van der Waals surface area contributed by atoms with Gasteiger partial charge in [-0.15, -0.1) is 0 Å². The van der Waals surface area contributed by atoms with E-state index in [9.17, 15) is 19.2 Å². The highest BCUT2D eigenvalue weighted by molar-refractivity contribution is 5.91. The van der Waals surface area contributed by atoms with E-state index in [2.05, 4.69) is 0 Å². The first-order valence-electron chi connectivity index (χ1n) is 16.2. The summed E-state index contributed by atoms with van der Waals surface area (Å²) in [6.07, 6.45) is 6.23. The van der Waals surface area contributed by atoms with Gasteiger partial charge in [0.1, 0.15) is 34.5 Å². The zero-order valence-electron chi connectivity index (χ0n) is 28.2. The summed E-state index contributed by atoms with van der Waals surface area (Å²) in [6, 6.07) is 22.9. The highest BCUT2D eigenvalue weighted by atomic mass is 16.5. The average molecular weight is 685 g/mol. The van der Waals surface area contributed by atoms with Gasteiger partial charge in [-0.3, -0.25) is 9.59 Å². The van der Waals surface area contributed by atoms with Gasteiger partial charge in [0.2, 0.25) is 0 Å². The first-order chi connectivity index (χ1) is 24.2. The molecule has 4 aromatic rings. The van der Waals surface area contributed by atoms with E-state index >= 15 is 0 Å². The van der Waals surface area contributed by atoms with Gasteiger partial charge in [0.25, 0.3) is 0 Å². The van der Waals surface area contributed by atoms with Crippen LogP contribution in [-0.2, 0) is 19.1 Å². The van der Waals surface area contributed by atoms with Crippen LogP contribution in [0.4, 0.5) is 0 Å². The smallest absolute Gasteiger partial charge is 0.343 e. The predicted octanol–water partition coefficient (Wildman–Crippen LogP) is 7.49. The number of ether oxygens (including phenoxy) is 6. The summed E-state index contributed by atoms with van der Waals surface area (Å²) in [6.45, 7) is 4.20. The van der Waals surface area contributed by atoms with Crippen molar-refractivity contribution in [2.45, 2.75) is 39.5 Å². The number of furan rings is 1. The standard InChI is InChI=1S/C39H40O11/c1-4-28(38(42)49-35-19-17-33(18-20-35)48-36(40)22-21-31-8-7-25-46-31)26-27(2)37(41)47-24-6-5-23-45-32-11-9-29(10-12-32)39(43)50-34-15-13-30(44-3)14-16-34/h7-22,25,27-28H,4-6,23-24,26H2,1-3H3. The summed E-state index contributed by atoms with van der Waals surface area (Å²) in [5.74, 6) is -0.150. The largest absolute Gasteiger partial charge is 0.497 e. The van der Waals surface area contributed by atoms with Crippen molar-refractivity contribution in [3.8, 4) is 28.7 Å².